The summed E-state index contributed by atoms with van der Waals surface area (Å²) in [5.41, 5.74) is 0.0651. The summed E-state index contributed by atoms with van der Waals surface area (Å²) < 4.78 is 0. The maximum absolute atomic E-state index is 10.8. The molecule has 106 valence electrons. The van der Waals surface area contributed by atoms with Crippen molar-refractivity contribution in [3.05, 3.63) is 23.9 Å². The summed E-state index contributed by atoms with van der Waals surface area (Å²) >= 11 is 0. The first-order valence-electron chi connectivity index (χ1n) is 6.50. The molecule has 0 saturated heterocycles. The van der Waals surface area contributed by atoms with Crippen LogP contribution in [-0.4, -0.2) is 47.6 Å². The Hall–Kier alpha value is -1.62. The predicted molar refractivity (Wildman–Crippen MR) is 76.6 cm³/mol. The number of nitrogens with one attached hydrogen (secondary N) is 1. The first-order valence-corrected chi connectivity index (χ1v) is 6.50. The van der Waals surface area contributed by atoms with E-state index in [0.717, 1.165) is 13.0 Å². The zero-order chi connectivity index (χ0) is 14.4. The van der Waals surface area contributed by atoms with Gasteiger partial charge < -0.3 is 15.3 Å². The van der Waals surface area contributed by atoms with E-state index in [9.17, 15) is 4.79 Å². The van der Waals surface area contributed by atoms with E-state index in [0.29, 0.717) is 17.8 Å². The first kappa shape index (κ1) is 15.4. The molecule has 0 radical (unpaired) electrons. The lowest BCUT2D eigenvalue weighted by molar-refractivity contribution is 0.0690. The van der Waals surface area contributed by atoms with Crippen LogP contribution in [0.1, 0.15) is 30.8 Å². The summed E-state index contributed by atoms with van der Waals surface area (Å²) in [6, 6.07) is 5.38. The Balaban J connectivity index is 2.63. The van der Waals surface area contributed by atoms with Crippen molar-refractivity contribution < 1.29 is 9.90 Å². The standard InChI is InChI=1S/C14H23N3O2/c1-10(2)8-11(17(3)4)9-15-13-7-5-6-12(16-13)14(18)19/h5-7,10-11H,8-9H2,1-4H3,(H,15,16)(H,18,19). The van der Waals surface area contributed by atoms with Crippen LogP contribution in [0.25, 0.3) is 0 Å². The largest absolute Gasteiger partial charge is 0.477 e. The van der Waals surface area contributed by atoms with Crippen molar-refractivity contribution in [1.82, 2.24) is 9.88 Å². The smallest absolute Gasteiger partial charge is 0.354 e. The Labute approximate surface area is 114 Å². The van der Waals surface area contributed by atoms with Crippen molar-refractivity contribution in [3.8, 4) is 0 Å². The number of rotatable bonds is 7. The second-order valence-electron chi connectivity index (χ2n) is 5.34. The van der Waals surface area contributed by atoms with Crippen molar-refractivity contribution in [1.29, 1.82) is 0 Å². The minimum absolute atomic E-state index is 0.0651. The van der Waals surface area contributed by atoms with Crippen molar-refractivity contribution in [2.24, 2.45) is 5.92 Å². The van der Waals surface area contributed by atoms with Gasteiger partial charge in [-0.05, 0) is 38.6 Å². The molecule has 0 aromatic carbocycles. The average Bonchev–Trinajstić information content (AvgIpc) is 2.34. The van der Waals surface area contributed by atoms with Crippen LogP contribution < -0.4 is 5.32 Å². The number of anilines is 1. The van der Waals surface area contributed by atoms with Gasteiger partial charge in [-0.25, -0.2) is 9.78 Å². The summed E-state index contributed by atoms with van der Waals surface area (Å²) in [6.07, 6.45) is 1.08. The molecule has 5 heteroatoms. The quantitative estimate of drug-likeness (QED) is 0.791. The zero-order valence-corrected chi connectivity index (χ0v) is 12.1. The molecule has 1 heterocycles. The van der Waals surface area contributed by atoms with Crippen LogP contribution >= 0.6 is 0 Å². The topological polar surface area (TPSA) is 65.5 Å². The molecule has 1 unspecified atom stereocenters. The highest BCUT2D eigenvalue weighted by Crippen LogP contribution is 2.11. The molecule has 1 rings (SSSR count). The van der Waals surface area contributed by atoms with Gasteiger partial charge in [0.1, 0.15) is 5.82 Å². The van der Waals surface area contributed by atoms with Gasteiger partial charge in [-0.15, -0.1) is 0 Å². The van der Waals surface area contributed by atoms with Gasteiger partial charge in [-0.3, -0.25) is 0 Å². The van der Waals surface area contributed by atoms with Gasteiger partial charge in [-0.1, -0.05) is 19.9 Å². The molecule has 0 bridgehead atoms. The van der Waals surface area contributed by atoms with Crippen molar-refractivity contribution in [3.63, 3.8) is 0 Å². The van der Waals surface area contributed by atoms with E-state index in [1.54, 1.807) is 12.1 Å². The third-order valence-electron chi connectivity index (χ3n) is 2.96. The lowest BCUT2D eigenvalue weighted by atomic mass is 10.0. The maximum Gasteiger partial charge on any atom is 0.354 e. The fourth-order valence-electron chi connectivity index (χ4n) is 1.90. The SMILES string of the molecule is CC(C)CC(CNc1cccc(C(=O)O)n1)N(C)C. The van der Waals surface area contributed by atoms with Crippen molar-refractivity contribution in [2.75, 3.05) is 26.0 Å². The van der Waals surface area contributed by atoms with Gasteiger partial charge in [-0.2, -0.15) is 0 Å². The van der Waals surface area contributed by atoms with Gasteiger partial charge in [0.05, 0.1) is 0 Å². The second kappa shape index (κ2) is 7.09. The molecule has 0 fully saturated rings. The Kier molecular flexibility index (Phi) is 5.76. The molecule has 0 spiro atoms. The summed E-state index contributed by atoms with van der Waals surface area (Å²) in [7, 11) is 4.10. The van der Waals surface area contributed by atoms with Crippen LogP contribution in [0.4, 0.5) is 5.82 Å². The van der Waals surface area contributed by atoms with Gasteiger partial charge in [0.25, 0.3) is 0 Å². The summed E-state index contributed by atoms with van der Waals surface area (Å²) in [5.74, 6) is 0.220. The van der Waals surface area contributed by atoms with Gasteiger partial charge >= 0.3 is 5.97 Å². The molecule has 1 aromatic rings. The highest BCUT2D eigenvalue weighted by atomic mass is 16.4. The Morgan fingerprint density at radius 3 is 2.63 bits per heavy atom. The third kappa shape index (κ3) is 5.26. The van der Waals surface area contributed by atoms with Crippen LogP contribution in [0.15, 0.2) is 18.2 Å². The average molecular weight is 265 g/mol. The molecule has 1 atom stereocenters. The minimum Gasteiger partial charge on any atom is -0.477 e. The van der Waals surface area contributed by atoms with Crippen LogP contribution in [0.3, 0.4) is 0 Å². The number of likely N-dealkylation sites (N-methyl/N-ethyl adjacent to an activating group) is 1. The number of carbonyl (C=O) groups is 1. The molecular formula is C14H23N3O2. The molecule has 19 heavy (non-hydrogen) atoms. The zero-order valence-electron chi connectivity index (χ0n) is 12.1. The predicted octanol–water partition coefficient (Wildman–Crippen LogP) is 2.17. The van der Waals surface area contributed by atoms with Gasteiger partial charge in [0.2, 0.25) is 0 Å². The fourth-order valence-corrected chi connectivity index (χ4v) is 1.90. The molecule has 2 N–H and O–H groups in total. The number of hydrogen-bond donors (Lipinski definition) is 2. The lowest BCUT2D eigenvalue weighted by Gasteiger charge is -2.26. The van der Waals surface area contributed by atoms with Crippen molar-refractivity contribution >= 4 is 11.8 Å². The molecule has 0 saturated carbocycles. The summed E-state index contributed by atoms with van der Waals surface area (Å²) in [4.78, 5) is 17.1. The second-order valence-corrected chi connectivity index (χ2v) is 5.34. The van der Waals surface area contributed by atoms with E-state index in [1.807, 2.05) is 0 Å². The lowest BCUT2D eigenvalue weighted by Crippen LogP contribution is -2.35. The Morgan fingerprint density at radius 2 is 2.11 bits per heavy atom. The van der Waals surface area contributed by atoms with E-state index >= 15 is 0 Å². The summed E-state index contributed by atoms with van der Waals surface area (Å²) in [6.45, 7) is 5.14. The number of aromatic carboxylic acids is 1. The Morgan fingerprint density at radius 1 is 1.42 bits per heavy atom. The molecular weight excluding hydrogens is 242 g/mol. The van der Waals surface area contributed by atoms with Crippen molar-refractivity contribution in [2.45, 2.75) is 26.3 Å². The maximum atomic E-state index is 10.8. The number of hydrogen-bond acceptors (Lipinski definition) is 4. The van der Waals surface area contributed by atoms with Crippen LogP contribution in [-0.2, 0) is 0 Å². The Bertz CT molecular complexity index is 419. The molecule has 0 aliphatic heterocycles. The molecule has 5 nitrogen and oxygen atoms in total. The fraction of sp³-hybridized carbons (Fsp3) is 0.571. The van der Waals surface area contributed by atoms with Gasteiger partial charge in [0.15, 0.2) is 5.69 Å². The van der Waals surface area contributed by atoms with Crippen LogP contribution in [0.5, 0.6) is 0 Å². The molecule has 0 aliphatic carbocycles. The van der Waals surface area contributed by atoms with E-state index < -0.39 is 5.97 Å². The number of aromatic nitrogens is 1. The van der Waals surface area contributed by atoms with Gasteiger partial charge in [0, 0.05) is 12.6 Å². The first-order chi connectivity index (χ1) is 8.90. The minimum atomic E-state index is -1.00. The highest BCUT2D eigenvalue weighted by molar-refractivity contribution is 5.85. The molecule has 1 aromatic heterocycles. The third-order valence-corrected chi connectivity index (χ3v) is 2.96. The highest BCUT2D eigenvalue weighted by Gasteiger charge is 2.13. The molecule has 0 aliphatic rings. The number of nitrogens with zero attached hydrogens (tertiary/aromatic N) is 2. The number of pyridine rings is 1. The normalized spacial score (nSPS) is 12.7. The van der Waals surface area contributed by atoms with E-state index in [2.05, 4.69) is 43.1 Å². The number of carboxylic acids is 1. The summed E-state index contributed by atoms with van der Waals surface area (Å²) in [5, 5.41) is 12.1. The monoisotopic (exact) mass is 265 g/mol. The van der Waals surface area contributed by atoms with Crippen LogP contribution in [0.2, 0.25) is 0 Å². The number of carboxylic acid groups (broad SMARTS) is 1. The van der Waals surface area contributed by atoms with E-state index in [-0.39, 0.29) is 5.69 Å². The molecule has 0 amide bonds. The van der Waals surface area contributed by atoms with Crippen LogP contribution in [0, 0.1) is 5.92 Å². The van der Waals surface area contributed by atoms with E-state index in [1.165, 1.54) is 6.07 Å². The van der Waals surface area contributed by atoms with E-state index in [4.69, 9.17) is 5.11 Å².